The number of imidazole rings is 1. The van der Waals surface area contributed by atoms with Crippen molar-refractivity contribution >= 4 is 28.5 Å². The van der Waals surface area contributed by atoms with E-state index in [-0.39, 0.29) is 11.9 Å². The maximum Gasteiger partial charge on any atom is 0.251 e. The highest BCUT2D eigenvalue weighted by molar-refractivity contribution is 6.30. The molecule has 4 aromatic rings. The molecule has 1 atom stereocenters. The molecule has 0 aliphatic carbocycles. The second-order valence-electron chi connectivity index (χ2n) is 8.02. The minimum Gasteiger partial charge on any atom is -0.493 e. The van der Waals surface area contributed by atoms with E-state index < -0.39 is 0 Å². The lowest BCUT2D eigenvalue weighted by atomic mass is 10.2. The van der Waals surface area contributed by atoms with Crippen molar-refractivity contribution in [3.63, 3.8) is 0 Å². The van der Waals surface area contributed by atoms with Gasteiger partial charge in [-0.1, -0.05) is 35.9 Å². The fourth-order valence-corrected chi connectivity index (χ4v) is 4.02. The van der Waals surface area contributed by atoms with Gasteiger partial charge in [-0.3, -0.25) is 4.79 Å². The zero-order chi connectivity index (χ0) is 23.9. The summed E-state index contributed by atoms with van der Waals surface area (Å²) in [6, 6.07) is 22.3. The molecule has 1 N–H and O–H groups in total. The van der Waals surface area contributed by atoms with Gasteiger partial charge in [0.15, 0.2) is 11.5 Å². The summed E-state index contributed by atoms with van der Waals surface area (Å²) in [6.45, 7) is 3.31. The third-order valence-corrected chi connectivity index (χ3v) is 5.88. The van der Waals surface area contributed by atoms with Crippen molar-refractivity contribution in [2.75, 3.05) is 13.7 Å². The van der Waals surface area contributed by atoms with Gasteiger partial charge >= 0.3 is 0 Å². The molecule has 34 heavy (non-hydrogen) atoms. The average Bonchev–Trinajstić information content (AvgIpc) is 3.23. The molecule has 6 nitrogen and oxygen atoms in total. The number of rotatable bonds is 10. The van der Waals surface area contributed by atoms with E-state index in [9.17, 15) is 4.79 Å². The number of carbonyl (C=O) groups is 1. The van der Waals surface area contributed by atoms with Gasteiger partial charge in [-0.2, -0.15) is 0 Å². The summed E-state index contributed by atoms with van der Waals surface area (Å²) in [6.07, 6.45) is 1.77. The number of carbonyl (C=O) groups excluding carboxylic acids is 1. The van der Waals surface area contributed by atoms with Crippen LogP contribution in [-0.2, 0) is 6.54 Å². The summed E-state index contributed by atoms with van der Waals surface area (Å²) in [5.41, 5.74) is 2.53. The van der Waals surface area contributed by atoms with Crippen molar-refractivity contribution in [1.82, 2.24) is 14.9 Å². The van der Waals surface area contributed by atoms with E-state index in [0.29, 0.717) is 17.2 Å². The Labute approximate surface area is 204 Å². The lowest BCUT2D eigenvalue weighted by molar-refractivity contribution is 0.0937. The highest BCUT2D eigenvalue weighted by Gasteiger charge is 2.19. The van der Waals surface area contributed by atoms with Crippen LogP contribution in [-0.4, -0.2) is 29.2 Å². The second kappa shape index (κ2) is 11.1. The molecule has 0 saturated heterocycles. The SMILES string of the molecule is COc1ccccc1OCCCCn1c(C(C)NC(=O)c2ccc(Cl)cc2)nc2ccccc21. The number of unbranched alkanes of at least 4 members (excludes halogenated alkanes) is 1. The molecule has 1 unspecified atom stereocenters. The van der Waals surface area contributed by atoms with Crippen molar-refractivity contribution < 1.29 is 14.3 Å². The van der Waals surface area contributed by atoms with Gasteiger partial charge in [-0.15, -0.1) is 0 Å². The van der Waals surface area contributed by atoms with E-state index >= 15 is 0 Å². The molecule has 0 spiro atoms. The first kappa shape index (κ1) is 23.6. The quantitative estimate of drug-likeness (QED) is 0.282. The molecule has 0 fully saturated rings. The molecule has 0 radical (unpaired) electrons. The highest BCUT2D eigenvalue weighted by atomic mass is 35.5. The van der Waals surface area contributed by atoms with E-state index in [2.05, 4.69) is 16.0 Å². The van der Waals surface area contributed by atoms with E-state index in [1.54, 1.807) is 31.4 Å². The normalized spacial score (nSPS) is 11.9. The van der Waals surface area contributed by atoms with Gasteiger partial charge in [0.1, 0.15) is 5.82 Å². The number of aryl methyl sites for hydroxylation is 1. The Morgan fingerprint density at radius 2 is 1.71 bits per heavy atom. The Morgan fingerprint density at radius 1 is 1.00 bits per heavy atom. The number of amides is 1. The van der Waals surface area contributed by atoms with E-state index in [1.165, 1.54) is 0 Å². The van der Waals surface area contributed by atoms with Crippen molar-refractivity contribution in [1.29, 1.82) is 0 Å². The van der Waals surface area contributed by atoms with Gasteiger partial charge in [-0.05, 0) is 68.3 Å². The minimum atomic E-state index is -0.264. The zero-order valence-electron chi connectivity index (χ0n) is 19.3. The first-order valence-corrected chi connectivity index (χ1v) is 11.7. The molecule has 7 heteroatoms. The van der Waals surface area contributed by atoms with Crippen LogP contribution >= 0.6 is 11.6 Å². The first-order valence-electron chi connectivity index (χ1n) is 11.3. The fourth-order valence-electron chi connectivity index (χ4n) is 3.90. The molecular formula is C27H28ClN3O3. The van der Waals surface area contributed by atoms with Gasteiger partial charge in [0.05, 0.1) is 30.8 Å². The molecule has 0 aliphatic heterocycles. The molecule has 0 saturated carbocycles. The molecule has 1 amide bonds. The molecule has 176 valence electrons. The number of ether oxygens (including phenoxy) is 2. The first-order chi connectivity index (χ1) is 16.6. The zero-order valence-corrected chi connectivity index (χ0v) is 20.1. The standard InChI is InChI=1S/C27H28ClN3O3/c1-19(29-27(32)20-13-15-21(28)16-14-20)26-30-22-9-3-4-10-23(22)31(26)17-7-8-18-34-25-12-6-5-11-24(25)33-2/h3-6,9-16,19H,7-8,17-18H2,1-2H3,(H,29,32). The molecule has 0 bridgehead atoms. The largest absolute Gasteiger partial charge is 0.493 e. The lowest BCUT2D eigenvalue weighted by Gasteiger charge is -2.17. The number of hydrogen-bond donors (Lipinski definition) is 1. The fraction of sp³-hybridized carbons (Fsp3) is 0.259. The number of halogens is 1. The maximum atomic E-state index is 12.7. The second-order valence-corrected chi connectivity index (χ2v) is 8.46. The summed E-state index contributed by atoms with van der Waals surface area (Å²) < 4.78 is 13.4. The van der Waals surface area contributed by atoms with Crippen molar-refractivity contribution in [2.45, 2.75) is 32.4 Å². The summed E-state index contributed by atoms with van der Waals surface area (Å²) in [4.78, 5) is 17.6. The Hall–Kier alpha value is -3.51. The molecule has 1 aromatic heterocycles. The summed E-state index contributed by atoms with van der Waals surface area (Å²) in [7, 11) is 1.64. The topological polar surface area (TPSA) is 65.4 Å². The molecular weight excluding hydrogens is 450 g/mol. The number of methoxy groups -OCH3 is 1. The number of para-hydroxylation sites is 4. The molecule has 1 heterocycles. The van der Waals surface area contributed by atoms with E-state index in [0.717, 1.165) is 47.7 Å². The highest BCUT2D eigenvalue weighted by Crippen LogP contribution is 2.26. The molecule has 0 aliphatic rings. The third-order valence-electron chi connectivity index (χ3n) is 5.63. The van der Waals surface area contributed by atoms with Gasteiger partial charge in [-0.25, -0.2) is 4.98 Å². The number of hydrogen-bond acceptors (Lipinski definition) is 4. The van der Waals surface area contributed by atoms with Crippen LogP contribution < -0.4 is 14.8 Å². The van der Waals surface area contributed by atoms with Crippen LogP contribution in [0.5, 0.6) is 11.5 Å². The Bertz CT molecular complexity index is 1250. The molecule has 3 aromatic carbocycles. The van der Waals surface area contributed by atoms with Crippen molar-refractivity contribution in [3.05, 3.63) is 89.2 Å². The van der Waals surface area contributed by atoms with Crippen LogP contribution in [0.15, 0.2) is 72.8 Å². The number of benzene rings is 3. The van der Waals surface area contributed by atoms with E-state index in [4.69, 9.17) is 26.1 Å². The third kappa shape index (κ3) is 5.51. The van der Waals surface area contributed by atoms with Crippen LogP contribution in [0.25, 0.3) is 11.0 Å². The summed E-state index contributed by atoms with van der Waals surface area (Å²) in [5, 5.41) is 3.66. The Balaban J connectivity index is 1.42. The van der Waals surface area contributed by atoms with Gasteiger partial charge in [0, 0.05) is 17.1 Å². The van der Waals surface area contributed by atoms with Crippen molar-refractivity contribution in [2.24, 2.45) is 0 Å². The van der Waals surface area contributed by atoms with E-state index in [1.807, 2.05) is 49.4 Å². The number of aromatic nitrogens is 2. The predicted octanol–water partition coefficient (Wildman–Crippen LogP) is 6.05. The number of nitrogens with one attached hydrogen (secondary N) is 1. The monoisotopic (exact) mass is 477 g/mol. The number of nitrogens with zero attached hydrogens (tertiary/aromatic N) is 2. The van der Waals surface area contributed by atoms with Gasteiger partial charge in [0.25, 0.3) is 5.91 Å². The smallest absolute Gasteiger partial charge is 0.251 e. The molecule has 4 rings (SSSR count). The average molecular weight is 478 g/mol. The lowest BCUT2D eigenvalue weighted by Crippen LogP contribution is -2.28. The predicted molar refractivity (Wildman–Crippen MR) is 135 cm³/mol. The van der Waals surface area contributed by atoms with Crippen LogP contribution in [0.2, 0.25) is 5.02 Å². The summed E-state index contributed by atoms with van der Waals surface area (Å²) in [5.74, 6) is 2.15. The Morgan fingerprint density at radius 3 is 2.47 bits per heavy atom. The summed E-state index contributed by atoms with van der Waals surface area (Å²) >= 11 is 5.94. The van der Waals surface area contributed by atoms with Crippen LogP contribution in [0.3, 0.4) is 0 Å². The number of fused-ring (bicyclic) bond motifs is 1. The van der Waals surface area contributed by atoms with Crippen LogP contribution in [0, 0.1) is 0 Å². The van der Waals surface area contributed by atoms with Crippen LogP contribution in [0.1, 0.15) is 42.0 Å². The van der Waals surface area contributed by atoms with Crippen LogP contribution in [0.4, 0.5) is 0 Å². The van der Waals surface area contributed by atoms with Gasteiger partial charge in [0.2, 0.25) is 0 Å². The maximum absolute atomic E-state index is 12.7. The van der Waals surface area contributed by atoms with Crippen molar-refractivity contribution in [3.8, 4) is 11.5 Å². The van der Waals surface area contributed by atoms with Gasteiger partial charge < -0.3 is 19.4 Å². The Kier molecular flexibility index (Phi) is 7.70. The minimum absolute atomic E-state index is 0.159.